The van der Waals surface area contributed by atoms with Crippen LogP contribution in [0.2, 0.25) is 0 Å². The molecule has 5 unspecified atom stereocenters. The third-order valence-corrected chi connectivity index (χ3v) is 4.87. The summed E-state index contributed by atoms with van der Waals surface area (Å²) in [5, 5.41) is 59.0. The zero-order chi connectivity index (χ0) is 21.0. The molecule has 0 bridgehead atoms. The minimum Gasteiger partial charge on any atom is -0.508 e. The maximum Gasteiger partial charge on any atom is 0.229 e. The Morgan fingerprint density at radius 3 is 2.31 bits per heavy atom. The minimum atomic E-state index is -1.63. The van der Waals surface area contributed by atoms with Crippen LogP contribution in [-0.4, -0.2) is 61.3 Å². The van der Waals surface area contributed by atoms with Crippen molar-refractivity contribution in [2.45, 2.75) is 37.6 Å². The van der Waals surface area contributed by atoms with Gasteiger partial charge in [-0.25, -0.2) is 0 Å². The van der Waals surface area contributed by atoms with Gasteiger partial charge in [0.25, 0.3) is 0 Å². The molecule has 0 spiro atoms. The summed E-state index contributed by atoms with van der Waals surface area (Å²) in [5.41, 5.74) is -0.748. The molecule has 10 nitrogen and oxygen atoms in total. The lowest BCUT2D eigenvalue weighted by Gasteiger charge is -2.38. The van der Waals surface area contributed by atoms with Gasteiger partial charge in [0, 0.05) is 18.2 Å². The second-order valence-electron chi connectivity index (χ2n) is 6.88. The Labute approximate surface area is 162 Å². The maximum absolute atomic E-state index is 13.0. The number of hydrogen-bond acceptors (Lipinski definition) is 10. The van der Waals surface area contributed by atoms with Gasteiger partial charge in [-0.1, -0.05) is 0 Å². The molecule has 4 rings (SSSR count). The van der Waals surface area contributed by atoms with Crippen molar-refractivity contribution in [3.8, 4) is 23.0 Å². The van der Waals surface area contributed by atoms with Gasteiger partial charge in [-0.3, -0.25) is 4.79 Å². The van der Waals surface area contributed by atoms with Gasteiger partial charge in [0.15, 0.2) is 11.5 Å². The van der Waals surface area contributed by atoms with Crippen LogP contribution < -0.4 is 10.2 Å². The second kappa shape index (κ2) is 6.78. The molecule has 2 aromatic carbocycles. The predicted octanol–water partition coefficient (Wildman–Crippen LogP) is 0.269. The molecule has 0 aliphatic carbocycles. The first-order valence-corrected chi connectivity index (χ1v) is 8.69. The van der Waals surface area contributed by atoms with Crippen LogP contribution in [0.3, 0.4) is 0 Å². The van der Waals surface area contributed by atoms with E-state index in [4.69, 9.17) is 13.9 Å². The molecule has 1 aliphatic rings. The second-order valence-corrected chi connectivity index (χ2v) is 6.88. The number of phenols is 3. The molecule has 6 N–H and O–H groups in total. The molecule has 1 fully saturated rings. The molecule has 3 aromatic rings. The highest BCUT2D eigenvalue weighted by Gasteiger charge is 2.43. The van der Waals surface area contributed by atoms with Gasteiger partial charge >= 0.3 is 0 Å². The fourth-order valence-electron chi connectivity index (χ4n) is 3.28. The van der Waals surface area contributed by atoms with Crippen LogP contribution in [0.15, 0.2) is 33.5 Å². The van der Waals surface area contributed by atoms with Crippen LogP contribution in [0.5, 0.6) is 23.0 Å². The van der Waals surface area contributed by atoms with E-state index in [-0.39, 0.29) is 33.4 Å². The Morgan fingerprint density at radius 2 is 1.59 bits per heavy atom. The van der Waals surface area contributed by atoms with Crippen molar-refractivity contribution >= 4 is 21.9 Å². The van der Waals surface area contributed by atoms with Crippen molar-refractivity contribution in [1.82, 2.24) is 0 Å². The SMILES string of the molecule is CC1OC(Oc2cc(O)cc3oc4cc(O)c(O)cc4c(=O)c23)C(O)C(O)C1O. The number of fused-ring (bicyclic) bond motifs is 2. The van der Waals surface area contributed by atoms with Gasteiger partial charge in [0.1, 0.15) is 46.4 Å². The molecule has 0 saturated carbocycles. The Hall–Kier alpha value is -3.05. The van der Waals surface area contributed by atoms with E-state index in [2.05, 4.69) is 0 Å². The summed E-state index contributed by atoms with van der Waals surface area (Å²) in [6.07, 6.45) is -6.84. The van der Waals surface area contributed by atoms with E-state index in [1.54, 1.807) is 0 Å². The first-order valence-electron chi connectivity index (χ1n) is 8.69. The van der Waals surface area contributed by atoms with Gasteiger partial charge in [-0.15, -0.1) is 0 Å². The largest absolute Gasteiger partial charge is 0.508 e. The molecule has 0 radical (unpaired) electrons. The molecule has 1 aliphatic heterocycles. The van der Waals surface area contributed by atoms with Gasteiger partial charge in [0.2, 0.25) is 11.7 Å². The topological polar surface area (TPSA) is 170 Å². The molecule has 1 saturated heterocycles. The van der Waals surface area contributed by atoms with E-state index in [0.29, 0.717) is 0 Å². The zero-order valence-corrected chi connectivity index (χ0v) is 15.0. The zero-order valence-electron chi connectivity index (χ0n) is 15.0. The van der Waals surface area contributed by atoms with E-state index in [1.807, 2.05) is 0 Å². The number of aliphatic hydroxyl groups is 3. The van der Waals surface area contributed by atoms with Crippen molar-refractivity contribution in [3.05, 3.63) is 34.5 Å². The maximum atomic E-state index is 13.0. The van der Waals surface area contributed by atoms with E-state index in [9.17, 15) is 35.4 Å². The summed E-state index contributed by atoms with van der Waals surface area (Å²) >= 11 is 0. The number of aliphatic hydroxyl groups excluding tert-OH is 3. The lowest BCUT2D eigenvalue weighted by atomic mass is 10.00. The first-order chi connectivity index (χ1) is 13.7. The number of phenolic OH excluding ortho intramolecular Hbond substituents is 3. The van der Waals surface area contributed by atoms with E-state index >= 15 is 0 Å². The Balaban J connectivity index is 1.87. The fraction of sp³-hybridized carbons (Fsp3) is 0.316. The number of hydrogen-bond donors (Lipinski definition) is 6. The normalized spacial score (nSPS) is 27.4. The van der Waals surface area contributed by atoms with E-state index < -0.39 is 47.6 Å². The van der Waals surface area contributed by atoms with E-state index in [0.717, 1.165) is 24.3 Å². The summed E-state index contributed by atoms with van der Waals surface area (Å²) in [4.78, 5) is 13.0. The van der Waals surface area contributed by atoms with Gasteiger partial charge < -0.3 is 44.5 Å². The molecule has 10 heteroatoms. The molecule has 5 atom stereocenters. The number of aromatic hydroxyl groups is 3. The average Bonchev–Trinajstić information content (AvgIpc) is 2.65. The summed E-state index contributed by atoms with van der Waals surface area (Å²) in [6.45, 7) is 1.47. The smallest absolute Gasteiger partial charge is 0.229 e. The molecule has 154 valence electrons. The van der Waals surface area contributed by atoms with E-state index in [1.165, 1.54) is 6.92 Å². The van der Waals surface area contributed by atoms with Gasteiger partial charge in [-0.05, 0) is 13.0 Å². The van der Waals surface area contributed by atoms with Crippen molar-refractivity contribution in [1.29, 1.82) is 0 Å². The predicted molar refractivity (Wildman–Crippen MR) is 98.0 cm³/mol. The standard InChI is InChI=1S/C19H18O10/c1-6-15(23)17(25)18(26)19(27-6)29-13-3-7(20)2-12-14(13)16(24)8-4-9(21)10(22)5-11(8)28-12/h2-6,15,17-23,25-26H,1H3. The van der Waals surface area contributed by atoms with Crippen molar-refractivity contribution in [2.24, 2.45) is 0 Å². The molecule has 29 heavy (non-hydrogen) atoms. The minimum absolute atomic E-state index is 0.0320. The Bertz CT molecular complexity index is 1150. The first kappa shape index (κ1) is 19.3. The van der Waals surface area contributed by atoms with Crippen LogP contribution in [0, 0.1) is 0 Å². The third kappa shape index (κ3) is 3.12. The molecular formula is C19H18O10. The van der Waals surface area contributed by atoms with Crippen LogP contribution in [0.4, 0.5) is 0 Å². The van der Waals surface area contributed by atoms with Crippen LogP contribution in [0.25, 0.3) is 21.9 Å². The highest BCUT2D eigenvalue weighted by molar-refractivity contribution is 5.95. The molecular weight excluding hydrogens is 388 g/mol. The molecule has 2 heterocycles. The summed E-state index contributed by atoms with van der Waals surface area (Å²) in [5.74, 6) is -1.54. The number of benzene rings is 2. The van der Waals surface area contributed by atoms with Gasteiger partial charge in [0.05, 0.1) is 11.5 Å². The quantitative estimate of drug-likeness (QED) is 0.256. The highest BCUT2D eigenvalue weighted by Crippen LogP contribution is 2.36. The third-order valence-electron chi connectivity index (χ3n) is 4.87. The summed E-state index contributed by atoms with van der Waals surface area (Å²) in [6, 6.07) is 4.35. The number of rotatable bonds is 2. The Kier molecular flexibility index (Phi) is 4.50. The Morgan fingerprint density at radius 1 is 0.897 bits per heavy atom. The monoisotopic (exact) mass is 406 g/mol. The van der Waals surface area contributed by atoms with Gasteiger partial charge in [-0.2, -0.15) is 0 Å². The lowest BCUT2D eigenvalue weighted by molar-refractivity contribution is -0.267. The fourth-order valence-corrected chi connectivity index (χ4v) is 3.28. The average molecular weight is 406 g/mol. The van der Waals surface area contributed by atoms with Crippen LogP contribution >= 0.6 is 0 Å². The van der Waals surface area contributed by atoms with Crippen LogP contribution in [0.1, 0.15) is 6.92 Å². The van der Waals surface area contributed by atoms with Crippen molar-refractivity contribution < 1.29 is 44.5 Å². The summed E-state index contributed by atoms with van der Waals surface area (Å²) in [7, 11) is 0. The van der Waals surface area contributed by atoms with Crippen molar-refractivity contribution in [2.75, 3.05) is 0 Å². The highest BCUT2D eigenvalue weighted by atomic mass is 16.7. The summed E-state index contributed by atoms with van der Waals surface area (Å²) < 4.78 is 16.5. The van der Waals surface area contributed by atoms with Crippen LogP contribution in [-0.2, 0) is 4.74 Å². The molecule has 0 amide bonds. The molecule has 1 aromatic heterocycles. The van der Waals surface area contributed by atoms with Crippen molar-refractivity contribution in [3.63, 3.8) is 0 Å². The number of ether oxygens (including phenoxy) is 2. The lowest BCUT2D eigenvalue weighted by Crippen LogP contribution is -2.58.